The molecule has 0 radical (unpaired) electrons. The van der Waals surface area contributed by atoms with E-state index in [2.05, 4.69) is 27.5 Å². The van der Waals surface area contributed by atoms with E-state index in [-0.39, 0.29) is 23.5 Å². The molecule has 3 rings (SSSR count). The van der Waals surface area contributed by atoms with Gasteiger partial charge in [0.1, 0.15) is 48.5 Å². The van der Waals surface area contributed by atoms with E-state index in [0.29, 0.717) is 48.5 Å². The Bertz CT molecular complexity index is 1080. The number of anilines is 1. The Labute approximate surface area is 209 Å². The van der Waals surface area contributed by atoms with Crippen LogP contribution in [0.4, 0.5) is 5.82 Å². The molecule has 1 heterocycles. The molecule has 3 aromatic rings. The first-order chi connectivity index (χ1) is 17.0. The maximum atomic E-state index is 12.5. The van der Waals surface area contributed by atoms with E-state index >= 15 is 0 Å². The maximum Gasteiger partial charge on any atom is 0.271 e. The highest BCUT2D eigenvalue weighted by molar-refractivity contribution is 6.28. The number of hydrogen-bond donors (Lipinski definition) is 4. The molecule has 0 aliphatic heterocycles. The summed E-state index contributed by atoms with van der Waals surface area (Å²) in [4.78, 5) is 19.4. The van der Waals surface area contributed by atoms with Crippen LogP contribution in [0.25, 0.3) is 0 Å². The number of nitrogens with zero attached hydrogens (tertiary/aromatic N) is 1. The van der Waals surface area contributed by atoms with Gasteiger partial charge in [0, 0.05) is 18.7 Å². The molecule has 2 aromatic carbocycles. The number of amides is 1. The lowest BCUT2D eigenvalue weighted by atomic mass is 10.2. The van der Waals surface area contributed by atoms with E-state index in [4.69, 9.17) is 25.8 Å². The summed E-state index contributed by atoms with van der Waals surface area (Å²) >= 11 is 5.95. The van der Waals surface area contributed by atoms with Gasteiger partial charge in [-0.05, 0) is 42.3 Å². The highest BCUT2D eigenvalue weighted by Crippen LogP contribution is 2.20. The fourth-order valence-corrected chi connectivity index (χ4v) is 3.37. The lowest BCUT2D eigenvalue weighted by molar-refractivity contribution is 0.0943. The number of rotatable bonds is 15. The summed E-state index contributed by atoms with van der Waals surface area (Å²) < 4.78 is 17.0. The van der Waals surface area contributed by atoms with Crippen LogP contribution < -0.4 is 24.8 Å². The summed E-state index contributed by atoms with van der Waals surface area (Å²) in [5.74, 6) is 2.12. The summed E-state index contributed by atoms with van der Waals surface area (Å²) in [5.41, 5.74) is 0.301. The van der Waals surface area contributed by atoms with Crippen molar-refractivity contribution in [3.05, 3.63) is 59.5 Å². The summed E-state index contributed by atoms with van der Waals surface area (Å²) in [6.45, 7) is 4.08. The summed E-state index contributed by atoms with van der Waals surface area (Å²) in [7, 11) is 0. The van der Waals surface area contributed by atoms with Crippen LogP contribution in [-0.4, -0.2) is 53.9 Å². The summed E-state index contributed by atoms with van der Waals surface area (Å²) in [6.07, 6.45) is 3.20. The molecular formula is C25H31ClN4O5. The number of ether oxygens (including phenoxy) is 3. The number of nitrogens with one attached hydrogen (secondary N) is 3. The van der Waals surface area contributed by atoms with Gasteiger partial charge in [-0.15, -0.1) is 0 Å². The van der Waals surface area contributed by atoms with Crippen molar-refractivity contribution in [3.8, 4) is 23.0 Å². The Balaban J connectivity index is 1.37. The molecule has 0 aliphatic rings. The standard InChI is InChI=1S/C25H31ClN4O5/c1-2-3-4-11-27-23-22(29-25(26)30-23)24(32)28-12-13-33-20-9-6-10-21(17-20)35-15-14-34-19-8-5-7-18(31)16-19/h5-10,16-17,27,31H,2-4,11-15H2,1H3,(H,28,32)(H,29,30). The van der Waals surface area contributed by atoms with Crippen molar-refractivity contribution in [1.82, 2.24) is 15.3 Å². The quantitative estimate of drug-likeness (QED) is 0.224. The predicted octanol–water partition coefficient (Wildman–Crippen LogP) is 4.64. The fourth-order valence-electron chi connectivity index (χ4n) is 3.19. The number of halogens is 1. The lowest BCUT2D eigenvalue weighted by Gasteiger charge is -2.11. The van der Waals surface area contributed by atoms with Crippen molar-refractivity contribution in [1.29, 1.82) is 0 Å². The number of unbranched alkanes of at least 4 members (excludes halogenated alkanes) is 2. The summed E-state index contributed by atoms with van der Waals surface area (Å²) in [5, 5.41) is 15.6. The van der Waals surface area contributed by atoms with Crippen LogP contribution in [0.2, 0.25) is 5.28 Å². The fraction of sp³-hybridized carbons (Fsp3) is 0.360. The van der Waals surface area contributed by atoms with E-state index < -0.39 is 0 Å². The third-order valence-electron chi connectivity index (χ3n) is 4.88. The van der Waals surface area contributed by atoms with Gasteiger partial charge >= 0.3 is 0 Å². The van der Waals surface area contributed by atoms with E-state index in [1.807, 2.05) is 18.2 Å². The minimum atomic E-state index is -0.310. The van der Waals surface area contributed by atoms with E-state index in [9.17, 15) is 9.90 Å². The van der Waals surface area contributed by atoms with Crippen molar-refractivity contribution < 1.29 is 24.1 Å². The molecule has 0 bridgehead atoms. The zero-order valence-corrected chi connectivity index (χ0v) is 20.4. The molecular weight excluding hydrogens is 472 g/mol. The highest BCUT2D eigenvalue weighted by Gasteiger charge is 2.16. The average molecular weight is 503 g/mol. The number of hydrogen-bond acceptors (Lipinski definition) is 7. The molecule has 4 N–H and O–H groups in total. The largest absolute Gasteiger partial charge is 0.508 e. The van der Waals surface area contributed by atoms with E-state index in [1.165, 1.54) is 0 Å². The van der Waals surface area contributed by atoms with Gasteiger partial charge in [-0.25, -0.2) is 4.98 Å². The second kappa shape index (κ2) is 14.0. The number of aromatic amines is 1. The number of phenolic OH excluding ortho intramolecular Hbond substituents is 1. The van der Waals surface area contributed by atoms with Gasteiger partial charge in [0.25, 0.3) is 5.91 Å². The average Bonchev–Trinajstić information content (AvgIpc) is 3.23. The smallest absolute Gasteiger partial charge is 0.271 e. The SMILES string of the molecule is CCCCCNc1nc(Cl)[nH]c1C(=O)NCCOc1cccc(OCCOc2cccc(O)c2)c1. The number of imidazole rings is 1. The first kappa shape index (κ1) is 26.0. The van der Waals surface area contributed by atoms with Gasteiger partial charge in [0.2, 0.25) is 5.28 Å². The van der Waals surface area contributed by atoms with Gasteiger partial charge in [-0.3, -0.25) is 4.79 Å². The molecule has 9 nitrogen and oxygen atoms in total. The zero-order valence-electron chi connectivity index (χ0n) is 19.7. The number of benzene rings is 2. The summed E-state index contributed by atoms with van der Waals surface area (Å²) in [6, 6.07) is 13.8. The lowest BCUT2D eigenvalue weighted by Crippen LogP contribution is -2.29. The first-order valence-corrected chi connectivity index (χ1v) is 12.0. The van der Waals surface area contributed by atoms with E-state index in [1.54, 1.807) is 30.3 Å². The molecule has 1 amide bonds. The molecule has 0 unspecified atom stereocenters. The van der Waals surface area contributed by atoms with Crippen LogP contribution >= 0.6 is 11.6 Å². The van der Waals surface area contributed by atoms with Gasteiger partial charge in [0.15, 0.2) is 5.82 Å². The third kappa shape index (κ3) is 8.94. The first-order valence-electron chi connectivity index (χ1n) is 11.6. The number of phenols is 1. The Kier molecular flexibility index (Phi) is 10.4. The Morgan fingerprint density at radius 3 is 2.31 bits per heavy atom. The molecule has 1 aromatic heterocycles. The molecule has 0 spiro atoms. The van der Waals surface area contributed by atoms with Crippen LogP contribution in [0, 0.1) is 0 Å². The molecule has 0 saturated carbocycles. The molecule has 10 heteroatoms. The van der Waals surface area contributed by atoms with Crippen LogP contribution in [0.15, 0.2) is 48.5 Å². The number of aromatic nitrogens is 2. The van der Waals surface area contributed by atoms with Gasteiger partial charge in [0.05, 0.1) is 6.54 Å². The molecule has 0 saturated heterocycles. The topological polar surface area (TPSA) is 118 Å². The van der Waals surface area contributed by atoms with Crippen molar-refractivity contribution in [2.45, 2.75) is 26.2 Å². The molecule has 0 atom stereocenters. The molecule has 188 valence electrons. The Hall–Kier alpha value is -3.59. The normalized spacial score (nSPS) is 10.6. The minimum absolute atomic E-state index is 0.150. The minimum Gasteiger partial charge on any atom is -0.508 e. The van der Waals surface area contributed by atoms with Crippen molar-refractivity contribution >= 4 is 23.3 Å². The molecule has 35 heavy (non-hydrogen) atoms. The molecule has 0 aliphatic carbocycles. The van der Waals surface area contributed by atoms with Crippen molar-refractivity contribution in [2.24, 2.45) is 0 Å². The monoisotopic (exact) mass is 502 g/mol. The predicted molar refractivity (Wildman–Crippen MR) is 135 cm³/mol. The van der Waals surface area contributed by atoms with Crippen molar-refractivity contribution in [3.63, 3.8) is 0 Å². The van der Waals surface area contributed by atoms with Crippen LogP contribution in [-0.2, 0) is 0 Å². The highest BCUT2D eigenvalue weighted by atomic mass is 35.5. The van der Waals surface area contributed by atoms with E-state index in [0.717, 1.165) is 25.8 Å². The van der Waals surface area contributed by atoms with Crippen molar-refractivity contribution in [2.75, 3.05) is 38.2 Å². The number of H-pyrrole nitrogens is 1. The van der Waals surface area contributed by atoms with Crippen LogP contribution in [0.5, 0.6) is 23.0 Å². The zero-order chi connectivity index (χ0) is 24.9. The number of aromatic hydroxyl groups is 1. The second-order valence-corrected chi connectivity index (χ2v) is 8.02. The van der Waals surface area contributed by atoms with Gasteiger partial charge < -0.3 is 34.9 Å². The van der Waals surface area contributed by atoms with Crippen LogP contribution in [0.1, 0.15) is 36.7 Å². The molecule has 0 fully saturated rings. The Morgan fingerprint density at radius 2 is 1.63 bits per heavy atom. The van der Waals surface area contributed by atoms with Gasteiger partial charge in [-0.2, -0.15) is 0 Å². The number of carbonyl (C=O) groups excluding carboxylic acids is 1. The van der Waals surface area contributed by atoms with Crippen LogP contribution in [0.3, 0.4) is 0 Å². The maximum absolute atomic E-state index is 12.5. The number of carbonyl (C=O) groups is 1. The Morgan fingerprint density at radius 1 is 0.971 bits per heavy atom. The second-order valence-electron chi connectivity index (χ2n) is 7.66. The third-order valence-corrected chi connectivity index (χ3v) is 5.05. The van der Waals surface area contributed by atoms with Gasteiger partial charge in [-0.1, -0.05) is 31.9 Å².